The van der Waals surface area contributed by atoms with E-state index in [-0.39, 0.29) is 11.9 Å². The van der Waals surface area contributed by atoms with Crippen LogP contribution in [0, 0.1) is 0 Å². The summed E-state index contributed by atoms with van der Waals surface area (Å²) < 4.78 is 2.11. The molecule has 1 amide bonds. The van der Waals surface area contributed by atoms with Gasteiger partial charge in [0.05, 0.1) is 17.8 Å². The van der Waals surface area contributed by atoms with E-state index in [0.717, 1.165) is 12.2 Å². The van der Waals surface area contributed by atoms with Gasteiger partial charge in [0, 0.05) is 26.3 Å². The van der Waals surface area contributed by atoms with Crippen molar-refractivity contribution in [1.29, 1.82) is 0 Å². The van der Waals surface area contributed by atoms with E-state index in [1.54, 1.807) is 4.90 Å². The third-order valence-electron chi connectivity index (χ3n) is 4.42. The van der Waals surface area contributed by atoms with Crippen molar-refractivity contribution in [2.24, 2.45) is 0 Å². The maximum absolute atomic E-state index is 12.0. The van der Waals surface area contributed by atoms with Crippen LogP contribution in [-0.2, 0) is 11.3 Å². The predicted molar refractivity (Wildman–Crippen MR) is 84.0 cm³/mol. The van der Waals surface area contributed by atoms with Crippen LogP contribution in [0.1, 0.15) is 57.7 Å². The highest BCUT2D eigenvalue weighted by Crippen LogP contribution is 2.27. The highest BCUT2D eigenvalue weighted by Gasteiger charge is 2.18. The van der Waals surface area contributed by atoms with E-state index in [9.17, 15) is 4.79 Å². The number of likely N-dealkylation sites (N-methyl/N-ethyl adjacent to an activating group) is 1. The number of hydrogen-bond donors (Lipinski definition) is 1. The quantitative estimate of drug-likeness (QED) is 0.875. The van der Waals surface area contributed by atoms with Crippen molar-refractivity contribution in [3.63, 3.8) is 0 Å². The maximum atomic E-state index is 12.0. The Morgan fingerprint density at radius 1 is 1.48 bits per heavy atom. The molecule has 0 bridgehead atoms. The van der Waals surface area contributed by atoms with Crippen LogP contribution in [-0.4, -0.2) is 40.2 Å². The Bertz CT molecular complexity index is 451. The Balaban J connectivity index is 1.83. The standard InChI is InChI=1S/C16H28N4O/c1-4-19(3)16(21)13(2)17-12-14-10-11-20(18-14)15-8-6-5-7-9-15/h10-11,13,15,17H,4-9,12H2,1-3H3. The topological polar surface area (TPSA) is 50.2 Å². The molecule has 1 aliphatic carbocycles. The SMILES string of the molecule is CCN(C)C(=O)C(C)NCc1ccn(C2CCCCC2)n1. The highest BCUT2D eigenvalue weighted by molar-refractivity contribution is 5.81. The van der Waals surface area contributed by atoms with Gasteiger partial charge in [0.15, 0.2) is 0 Å². The molecule has 1 heterocycles. The van der Waals surface area contributed by atoms with Gasteiger partial charge >= 0.3 is 0 Å². The Hall–Kier alpha value is -1.36. The average Bonchev–Trinajstić information content (AvgIpc) is 3.01. The maximum Gasteiger partial charge on any atom is 0.239 e. The Morgan fingerprint density at radius 3 is 2.86 bits per heavy atom. The molecule has 118 valence electrons. The van der Waals surface area contributed by atoms with E-state index >= 15 is 0 Å². The molecule has 0 radical (unpaired) electrons. The Kier molecular flexibility index (Phi) is 5.79. The largest absolute Gasteiger partial charge is 0.345 e. The van der Waals surface area contributed by atoms with Gasteiger partial charge < -0.3 is 10.2 Å². The minimum absolute atomic E-state index is 0.129. The van der Waals surface area contributed by atoms with Gasteiger partial charge in [-0.15, -0.1) is 0 Å². The summed E-state index contributed by atoms with van der Waals surface area (Å²) in [5.41, 5.74) is 1.01. The fourth-order valence-electron chi connectivity index (χ4n) is 2.85. The first kappa shape index (κ1) is 16.0. The third-order valence-corrected chi connectivity index (χ3v) is 4.42. The number of nitrogens with zero attached hydrogens (tertiary/aromatic N) is 3. The molecule has 2 rings (SSSR count). The summed E-state index contributed by atoms with van der Waals surface area (Å²) in [4.78, 5) is 13.7. The van der Waals surface area contributed by atoms with Crippen LogP contribution in [0.5, 0.6) is 0 Å². The lowest BCUT2D eigenvalue weighted by Crippen LogP contribution is -2.42. The fraction of sp³-hybridized carbons (Fsp3) is 0.750. The summed E-state index contributed by atoms with van der Waals surface area (Å²) in [6.45, 7) is 5.27. The molecule has 1 unspecified atom stereocenters. The minimum Gasteiger partial charge on any atom is -0.345 e. The van der Waals surface area contributed by atoms with Gasteiger partial charge in [-0.3, -0.25) is 9.48 Å². The Labute approximate surface area is 127 Å². The van der Waals surface area contributed by atoms with E-state index in [1.165, 1.54) is 32.1 Å². The molecule has 0 spiro atoms. The number of carbonyl (C=O) groups is 1. The van der Waals surface area contributed by atoms with E-state index in [1.807, 2.05) is 20.9 Å². The molecule has 1 N–H and O–H groups in total. The average molecular weight is 292 g/mol. The highest BCUT2D eigenvalue weighted by atomic mass is 16.2. The van der Waals surface area contributed by atoms with Crippen LogP contribution in [0.2, 0.25) is 0 Å². The fourth-order valence-corrected chi connectivity index (χ4v) is 2.85. The van der Waals surface area contributed by atoms with E-state index in [2.05, 4.69) is 27.4 Å². The summed E-state index contributed by atoms with van der Waals surface area (Å²) in [7, 11) is 1.83. The van der Waals surface area contributed by atoms with Gasteiger partial charge in [-0.05, 0) is 32.8 Å². The molecule has 5 heteroatoms. The first-order valence-corrected chi connectivity index (χ1v) is 8.14. The number of hydrogen-bond acceptors (Lipinski definition) is 3. The van der Waals surface area contributed by atoms with E-state index in [4.69, 9.17) is 0 Å². The van der Waals surface area contributed by atoms with Gasteiger partial charge in [-0.2, -0.15) is 5.10 Å². The summed E-state index contributed by atoms with van der Waals surface area (Å²) in [5.74, 6) is 0.129. The molecular weight excluding hydrogens is 264 g/mol. The minimum atomic E-state index is -0.171. The van der Waals surface area contributed by atoms with Gasteiger partial charge in [0.25, 0.3) is 0 Å². The van der Waals surface area contributed by atoms with E-state index < -0.39 is 0 Å². The zero-order valence-corrected chi connectivity index (χ0v) is 13.5. The molecule has 0 saturated heterocycles. The van der Waals surface area contributed by atoms with Crippen molar-refractivity contribution in [3.05, 3.63) is 18.0 Å². The zero-order chi connectivity index (χ0) is 15.2. The van der Waals surface area contributed by atoms with Crippen LogP contribution < -0.4 is 5.32 Å². The van der Waals surface area contributed by atoms with Crippen LogP contribution in [0.3, 0.4) is 0 Å². The molecule has 0 aromatic carbocycles. The second-order valence-corrected chi connectivity index (χ2v) is 6.03. The zero-order valence-electron chi connectivity index (χ0n) is 13.5. The molecular formula is C16H28N4O. The molecule has 1 aromatic heterocycles. The number of amides is 1. The van der Waals surface area contributed by atoms with Gasteiger partial charge in [-0.1, -0.05) is 19.3 Å². The second kappa shape index (κ2) is 7.59. The van der Waals surface area contributed by atoms with Crippen molar-refractivity contribution in [3.8, 4) is 0 Å². The predicted octanol–water partition coefficient (Wildman–Crippen LogP) is 2.34. The lowest BCUT2D eigenvalue weighted by molar-refractivity contribution is -0.131. The molecule has 1 atom stereocenters. The molecule has 1 aliphatic rings. The molecule has 0 aliphatic heterocycles. The first-order chi connectivity index (χ1) is 10.1. The lowest BCUT2D eigenvalue weighted by atomic mass is 9.96. The van der Waals surface area contributed by atoms with E-state index in [0.29, 0.717) is 12.6 Å². The van der Waals surface area contributed by atoms with Crippen LogP contribution in [0.15, 0.2) is 12.3 Å². The number of rotatable bonds is 6. The first-order valence-electron chi connectivity index (χ1n) is 8.14. The second-order valence-electron chi connectivity index (χ2n) is 6.03. The monoisotopic (exact) mass is 292 g/mol. The summed E-state index contributed by atoms with van der Waals surface area (Å²) in [6, 6.07) is 2.45. The number of nitrogens with one attached hydrogen (secondary N) is 1. The summed E-state index contributed by atoms with van der Waals surface area (Å²) in [5, 5.41) is 7.92. The number of aromatic nitrogens is 2. The molecule has 1 saturated carbocycles. The third kappa shape index (κ3) is 4.30. The van der Waals surface area contributed by atoms with Crippen molar-refractivity contribution in [2.45, 2.75) is 64.6 Å². The van der Waals surface area contributed by atoms with Crippen LogP contribution in [0.25, 0.3) is 0 Å². The van der Waals surface area contributed by atoms with Gasteiger partial charge in [0.2, 0.25) is 5.91 Å². The molecule has 21 heavy (non-hydrogen) atoms. The summed E-state index contributed by atoms with van der Waals surface area (Å²) >= 11 is 0. The van der Waals surface area contributed by atoms with Crippen molar-refractivity contribution >= 4 is 5.91 Å². The lowest BCUT2D eigenvalue weighted by Gasteiger charge is -2.22. The summed E-state index contributed by atoms with van der Waals surface area (Å²) in [6.07, 6.45) is 8.55. The van der Waals surface area contributed by atoms with Crippen molar-refractivity contribution in [2.75, 3.05) is 13.6 Å². The molecule has 1 fully saturated rings. The van der Waals surface area contributed by atoms with Crippen molar-refractivity contribution < 1.29 is 4.79 Å². The Morgan fingerprint density at radius 2 is 2.19 bits per heavy atom. The smallest absolute Gasteiger partial charge is 0.239 e. The molecule has 1 aromatic rings. The van der Waals surface area contributed by atoms with Gasteiger partial charge in [-0.25, -0.2) is 0 Å². The van der Waals surface area contributed by atoms with Crippen LogP contribution >= 0.6 is 0 Å². The molecule has 5 nitrogen and oxygen atoms in total. The van der Waals surface area contributed by atoms with Crippen LogP contribution in [0.4, 0.5) is 0 Å². The number of carbonyl (C=O) groups excluding carboxylic acids is 1. The van der Waals surface area contributed by atoms with Crippen molar-refractivity contribution in [1.82, 2.24) is 20.0 Å². The normalized spacial score (nSPS) is 17.7. The van der Waals surface area contributed by atoms with Gasteiger partial charge in [0.1, 0.15) is 0 Å².